The van der Waals surface area contributed by atoms with Crippen LogP contribution >= 0.6 is 0 Å². The average molecular weight is 391 g/mol. The molecule has 1 amide bonds. The van der Waals surface area contributed by atoms with Gasteiger partial charge < -0.3 is 4.74 Å². The van der Waals surface area contributed by atoms with Crippen molar-refractivity contribution in [3.63, 3.8) is 0 Å². The summed E-state index contributed by atoms with van der Waals surface area (Å²) in [5.74, 6) is -0.484. The molecule has 3 aromatic heterocycles. The van der Waals surface area contributed by atoms with Crippen molar-refractivity contribution in [2.45, 2.75) is 20.5 Å². The highest BCUT2D eigenvalue weighted by molar-refractivity contribution is 5.88. The number of pyridine rings is 1. The van der Waals surface area contributed by atoms with Crippen LogP contribution < -0.4 is 11.0 Å². The van der Waals surface area contributed by atoms with Crippen LogP contribution in [0.5, 0.6) is 0 Å². The number of ether oxygens (including phenoxy) is 1. The minimum Gasteiger partial charge on any atom is -0.378 e. The molecule has 4 rings (SSSR count). The molecule has 0 spiro atoms. The van der Waals surface area contributed by atoms with Gasteiger partial charge in [0.05, 0.1) is 28.8 Å². The van der Waals surface area contributed by atoms with Crippen molar-refractivity contribution in [3.8, 4) is 11.1 Å². The number of fused-ring (bicyclic) bond motifs is 3. The second kappa shape index (κ2) is 7.48. The number of nitrogens with one attached hydrogen (secondary N) is 1. The molecule has 8 heteroatoms. The van der Waals surface area contributed by atoms with Crippen molar-refractivity contribution in [1.29, 1.82) is 0 Å². The number of carbonyl (C=O) groups is 1. The zero-order valence-corrected chi connectivity index (χ0v) is 16.4. The predicted molar refractivity (Wildman–Crippen MR) is 110 cm³/mol. The molecule has 0 radical (unpaired) electrons. The van der Waals surface area contributed by atoms with E-state index in [0.29, 0.717) is 23.2 Å². The molecule has 1 N–H and O–H groups in total. The fourth-order valence-electron chi connectivity index (χ4n) is 3.19. The van der Waals surface area contributed by atoms with Gasteiger partial charge in [0.1, 0.15) is 0 Å². The molecular weight excluding hydrogens is 370 g/mol. The normalized spacial score (nSPS) is 11.4. The molecule has 148 valence electrons. The van der Waals surface area contributed by atoms with Crippen LogP contribution in [0.2, 0.25) is 0 Å². The third kappa shape index (κ3) is 3.27. The Hall–Kier alpha value is -3.52. The summed E-state index contributed by atoms with van der Waals surface area (Å²) >= 11 is 0. The number of methoxy groups -OCH3 is 1. The molecule has 0 atom stereocenters. The van der Waals surface area contributed by atoms with E-state index in [2.05, 4.69) is 15.5 Å². The molecular formula is C21H21N5O3. The van der Waals surface area contributed by atoms with Crippen molar-refractivity contribution in [2.24, 2.45) is 5.92 Å². The van der Waals surface area contributed by atoms with Gasteiger partial charge in [0, 0.05) is 25.4 Å². The first kappa shape index (κ1) is 18.8. The molecule has 0 aliphatic carbocycles. The molecule has 0 aliphatic heterocycles. The summed E-state index contributed by atoms with van der Waals surface area (Å²) in [4.78, 5) is 29.4. The summed E-state index contributed by atoms with van der Waals surface area (Å²) in [6.45, 7) is 3.84. The van der Waals surface area contributed by atoms with Gasteiger partial charge in [0.2, 0.25) is 5.91 Å². The first-order valence-electron chi connectivity index (χ1n) is 9.28. The van der Waals surface area contributed by atoms with E-state index in [1.807, 2.05) is 30.3 Å². The minimum atomic E-state index is -0.365. The van der Waals surface area contributed by atoms with Crippen LogP contribution in [0.25, 0.3) is 27.7 Å². The Bertz CT molecular complexity index is 1260. The molecule has 29 heavy (non-hydrogen) atoms. The largest absolute Gasteiger partial charge is 0.378 e. The smallest absolute Gasteiger partial charge is 0.280 e. The van der Waals surface area contributed by atoms with Gasteiger partial charge in [-0.25, -0.2) is 14.2 Å². The Balaban J connectivity index is 1.94. The van der Waals surface area contributed by atoms with E-state index in [1.165, 1.54) is 17.1 Å². The number of carbonyl (C=O) groups excluding carboxylic acids is 1. The van der Waals surface area contributed by atoms with Crippen LogP contribution in [-0.4, -0.2) is 32.3 Å². The van der Waals surface area contributed by atoms with E-state index in [1.54, 1.807) is 31.5 Å². The highest BCUT2D eigenvalue weighted by atomic mass is 16.5. The Kier molecular flexibility index (Phi) is 4.85. The minimum absolute atomic E-state index is 0.241. The zero-order chi connectivity index (χ0) is 20.5. The number of hydrogen-bond acceptors (Lipinski definition) is 5. The molecule has 0 unspecified atom stereocenters. The van der Waals surface area contributed by atoms with Gasteiger partial charge in [-0.1, -0.05) is 44.2 Å². The van der Waals surface area contributed by atoms with E-state index >= 15 is 0 Å². The van der Waals surface area contributed by atoms with Crippen LogP contribution in [0.3, 0.4) is 0 Å². The molecule has 3 heterocycles. The Morgan fingerprint density at radius 1 is 1.21 bits per heavy atom. The lowest BCUT2D eigenvalue weighted by Crippen LogP contribution is -2.35. The van der Waals surface area contributed by atoms with Gasteiger partial charge in [-0.15, -0.1) is 0 Å². The van der Waals surface area contributed by atoms with E-state index in [0.717, 1.165) is 16.8 Å². The lowest BCUT2D eigenvalue weighted by molar-refractivity contribution is -0.119. The molecule has 0 saturated heterocycles. The van der Waals surface area contributed by atoms with E-state index in [-0.39, 0.29) is 17.4 Å². The summed E-state index contributed by atoms with van der Waals surface area (Å²) in [5.41, 5.74) is 6.05. The highest BCUT2D eigenvalue weighted by Gasteiger charge is 2.19. The standard InChI is InChI=1S/C21H21N5O3/c1-13(2)20(27)24-25-10-9-17-15(21(25)28)11-22-19-18(14-7-5-4-6-8-14)16(12-29-3)23-26(17)19/h4-11,13H,12H2,1-3H3,(H,24,27). The van der Waals surface area contributed by atoms with Crippen molar-refractivity contribution in [2.75, 3.05) is 12.5 Å². The number of aromatic nitrogens is 4. The van der Waals surface area contributed by atoms with Crippen molar-refractivity contribution < 1.29 is 9.53 Å². The SMILES string of the molecule is COCc1nn2c(ncc3c(=O)n(NC(=O)C(C)C)ccc32)c1-c1ccccc1. The van der Waals surface area contributed by atoms with Crippen LogP contribution in [0.15, 0.2) is 53.6 Å². The van der Waals surface area contributed by atoms with Crippen LogP contribution in [0, 0.1) is 5.92 Å². The first-order chi connectivity index (χ1) is 14.0. The molecule has 0 bridgehead atoms. The quantitative estimate of drug-likeness (QED) is 0.565. The maximum Gasteiger partial charge on any atom is 0.280 e. The highest BCUT2D eigenvalue weighted by Crippen LogP contribution is 2.29. The van der Waals surface area contributed by atoms with Crippen molar-refractivity contribution >= 4 is 22.5 Å². The topological polar surface area (TPSA) is 90.5 Å². The summed E-state index contributed by atoms with van der Waals surface area (Å²) in [6.07, 6.45) is 3.06. The fourth-order valence-corrected chi connectivity index (χ4v) is 3.19. The van der Waals surface area contributed by atoms with Gasteiger partial charge >= 0.3 is 0 Å². The van der Waals surface area contributed by atoms with Crippen LogP contribution in [0.4, 0.5) is 0 Å². The number of hydrogen-bond donors (Lipinski definition) is 1. The third-order valence-electron chi connectivity index (χ3n) is 4.68. The summed E-state index contributed by atoms with van der Waals surface area (Å²) in [5, 5.41) is 5.02. The second-order valence-electron chi connectivity index (χ2n) is 7.03. The molecule has 4 aromatic rings. The van der Waals surface area contributed by atoms with Crippen LogP contribution in [0.1, 0.15) is 19.5 Å². The fraction of sp³-hybridized carbons (Fsp3) is 0.238. The lowest BCUT2D eigenvalue weighted by Gasteiger charge is -2.11. The zero-order valence-electron chi connectivity index (χ0n) is 16.4. The van der Waals surface area contributed by atoms with E-state index < -0.39 is 0 Å². The summed E-state index contributed by atoms with van der Waals surface area (Å²) in [7, 11) is 1.61. The maximum absolute atomic E-state index is 12.9. The predicted octanol–water partition coefficient (Wildman–Crippen LogP) is 2.58. The van der Waals surface area contributed by atoms with Gasteiger partial charge in [-0.3, -0.25) is 15.0 Å². The number of benzene rings is 1. The van der Waals surface area contributed by atoms with Gasteiger partial charge in [0.25, 0.3) is 5.56 Å². The summed E-state index contributed by atoms with van der Waals surface area (Å²) < 4.78 is 8.15. The van der Waals surface area contributed by atoms with Crippen LogP contribution in [-0.2, 0) is 16.1 Å². The average Bonchev–Trinajstić information content (AvgIpc) is 3.09. The Morgan fingerprint density at radius 3 is 2.66 bits per heavy atom. The maximum atomic E-state index is 12.9. The molecule has 0 saturated carbocycles. The lowest BCUT2D eigenvalue weighted by atomic mass is 10.1. The Labute approximate surface area is 166 Å². The van der Waals surface area contributed by atoms with E-state index in [4.69, 9.17) is 4.74 Å². The van der Waals surface area contributed by atoms with Crippen molar-refractivity contribution in [3.05, 3.63) is 64.8 Å². The summed E-state index contributed by atoms with van der Waals surface area (Å²) in [6, 6.07) is 11.6. The van der Waals surface area contributed by atoms with Gasteiger partial charge in [-0.05, 0) is 11.6 Å². The number of rotatable bonds is 5. The molecule has 0 fully saturated rings. The van der Waals surface area contributed by atoms with Gasteiger partial charge in [-0.2, -0.15) is 5.10 Å². The first-order valence-corrected chi connectivity index (χ1v) is 9.28. The number of amides is 1. The van der Waals surface area contributed by atoms with Gasteiger partial charge in [0.15, 0.2) is 5.65 Å². The molecule has 1 aromatic carbocycles. The molecule has 8 nitrogen and oxygen atoms in total. The second-order valence-corrected chi connectivity index (χ2v) is 7.03. The molecule has 0 aliphatic rings. The monoisotopic (exact) mass is 391 g/mol. The number of nitrogens with zero attached hydrogens (tertiary/aromatic N) is 4. The van der Waals surface area contributed by atoms with E-state index in [9.17, 15) is 9.59 Å². The third-order valence-corrected chi connectivity index (χ3v) is 4.68. The van der Waals surface area contributed by atoms with Crippen molar-refractivity contribution in [1.82, 2.24) is 19.3 Å². The Morgan fingerprint density at radius 2 is 1.97 bits per heavy atom.